The van der Waals surface area contributed by atoms with Gasteiger partial charge < -0.3 is 19.9 Å². The van der Waals surface area contributed by atoms with Crippen LogP contribution in [0, 0.1) is 0 Å². The summed E-state index contributed by atoms with van der Waals surface area (Å²) in [5.74, 6) is 2.25. The molecule has 2 N–H and O–H groups in total. The molecule has 1 atom stereocenters. The summed E-state index contributed by atoms with van der Waals surface area (Å²) in [6.07, 6.45) is 1.69. The summed E-state index contributed by atoms with van der Waals surface area (Å²) >= 11 is 0. The Kier molecular flexibility index (Phi) is 3.43. The number of benzene rings is 1. The number of nitrogens with two attached hydrogens (primary N) is 1. The zero-order valence-corrected chi connectivity index (χ0v) is 11.2. The van der Waals surface area contributed by atoms with Crippen LogP contribution in [-0.4, -0.2) is 11.8 Å². The lowest BCUT2D eigenvalue weighted by atomic mass is 10.2. The van der Waals surface area contributed by atoms with Crippen LogP contribution in [0.2, 0.25) is 0 Å². The average molecular weight is 272 g/mol. The second kappa shape index (κ2) is 5.38. The van der Waals surface area contributed by atoms with Crippen molar-refractivity contribution >= 4 is 0 Å². The second-order valence-corrected chi connectivity index (χ2v) is 4.68. The van der Waals surface area contributed by atoms with E-state index in [1.807, 2.05) is 37.3 Å². The molecule has 2 heterocycles. The van der Waals surface area contributed by atoms with E-state index < -0.39 is 0 Å². The number of ether oxygens (including phenoxy) is 3. The largest absolute Gasteiger partial charge is 0.487 e. The number of pyridine rings is 1. The fraction of sp³-hybridized carbons (Fsp3) is 0.267. The van der Waals surface area contributed by atoms with Crippen LogP contribution in [0.4, 0.5) is 0 Å². The maximum absolute atomic E-state index is 5.75. The van der Waals surface area contributed by atoms with Gasteiger partial charge in [-0.15, -0.1) is 0 Å². The van der Waals surface area contributed by atoms with Gasteiger partial charge in [-0.1, -0.05) is 6.07 Å². The quantitative estimate of drug-likeness (QED) is 0.925. The summed E-state index contributed by atoms with van der Waals surface area (Å²) in [4.78, 5) is 4.25. The molecule has 5 nitrogen and oxygen atoms in total. The van der Waals surface area contributed by atoms with Crippen molar-refractivity contribution in [3.8, 4) is 17.2 Å². The normalized spacial score (nSPS) is 14.1. The molecule has 5 heteroatoms. The third-order valence-electron chi connectivity index (χ3n) is 3.07. The molecule has 1 aliphatic heterocycles. The van der Waals surface area contributed by atoms with E-state index in [9.17, 15) is 0 Å². The van der Waals surface area contributed by atoms with Crippen LogP contribution in [-0.2, 0) is 6.61 Å². The van der Waals surface area contributed by atoms with Gasteiger partial charge in [0, 0.05) is 6.04 Å². The summed E-state index contributed by atoms with van der Waals surface area (Å²) in [6, 6.07) is 9.44. The zero-order valence-electron chi connectivity index (χ0n) is 11.2. The number of hydrogen-bond acceptors (Lipinski definition) is 5. The van der Waals surface area contributed by atoms with Crippen molar-refractivity contribution in [2.24, 2.45) is 5.73 Å². The smallest absolute Gasteiger partial charge is 0.231 e. The number of aromatic nitrogens is 1. The van der Waals surface area contributed by atoms with Gasteiger partial charge in [0.25, 0.3) is 0 Å². The topological polar surface area (TPSA) is 66.6 Å². The highest BCUT2D eigenvalue weighted by atomic mass is 16.7. The van der Waals surface area contributed by atoms with Crippen molar-refractivity contribution in [2.45, 2.75) is 19.6 Å². The minimum Gasteiger partial charge on any atom is -0.487 e. The van der Waals surface area contributed by atoms with Crippen LogP contribution in [0.15, 0.2) is 36.5 Å². The first-order chi connectivity index (χ1) is 9.72. The number of rotatable bonds is 4. The standard InChI is InChI=1S/C15H16N2O3/c1-10(16)13-4-3-12(7-17-13)18-8-11-2-5-14-15(6-11)20-9-19-14/h2-7,10H,8-9,16H2,1H3. The molecule has 0 bridgehead atoms. The summed E-state index contributed by atoms with van der Waals surface area (Å²) in [6.45, 7) is 2.63. The van der Waals surface area contributed by atoms with Crippen molar-refractivity contribution in [3.05, 3.63) is 47.8 Å². The average Bonchev–Trinajstić information content (AvgIpc) is 2.93. The van der Waals surface area contributed by atoms with Gasteiger partial charge >= 0.3 is 0 Å². The molecular formula is C15H16N2O3. The molecule has 1 aromatic heterocycles. The van der Waals surface area contributed by atoms with Crippen molar-refractivity contribution in [1.29, 1.82) is 0 Å². The van der Waals surface area contributed by atoms with E-state index in [4.69, 9.17) is 19.9 Å². The number of hydrogen-bond donors (Lipinski definition) is 1. The minimum absolute atomic E-state index is 0.0714. The minimum atomic E-state index is -0.0714. The third kappa shape index (κ3) is 2.67. The Hall–Kier alpha value is -2.27. The maximum Gasteiger partial charge on any atom is 0.231 e. The molecule has 1 aliphatic rings. The summed E-state index contributed by atoms with van der Waals surface area (Å²) in [5, 5.41) is 0. The van der Waals surface area contributed by atoms with Gasteiger partial charge in [0.2, 0.25) is 6.79 Å². The zero-order chi connectivity index (χ0) is 13.9. The Labute approximate surface area is 117 Å². The monoisotopic (exact) mass is 272 g/mol. The number of nitrogens with zero attached hydrogens (tertiary/aromatic N) is 1. The Morgan fingerprint density at radius 3 is 2.85 bits per heavy atom. The lowest BCUT2D eigenvalue weighted by molar-refractivity contribution is 0.174. The van der Waals surface area contributed by atoms with Gasteiger partial charge in [-0.2, -0.15) is 0 Å². The van der Waals surface area contributed by atoms with E-state index in [0.717, 1.165) is 22.8 Å². The Morgan fingerprint density at radius 2 is 2.10 bits per heavy atom. The van der Waals surface area contributed by atoms with Gasteiger partial charge in [0.05, 0.1) is 11.9 Å². The second-order valence-electron chi connectivity index (χ2n) is 4.68. The molecule has 0 radical (unpaired) electrons. The molecule has 0 saturated carbocycles. The van der Waals surface area contributed by atoms with E-state index in [2.05, 4.69) is 4.98 Å². The first-order valence-corrected chi connectivity index (χ1v) is 6.45. The number of fused-ring (bicyclic) bond motifs is 1. The fourth-order valence-electron chi connectivity index (χ4n) is 1.94. The van der Waals surface area contributed by atoms with Gasteiger partial charge in [-0.3, -0.25) is 4.98 Å². The van der Waals surface area contributed by atoms with E-state index in [-0.39, 0.29) is 12.8 Å². The highest BCUT2D eigenvalue weighted by Crippen LogP contribution is 2.32. The van der Waals surface area contributed by atoms with E-state index in [0.29, 0.717) is 12.4 Å². The highest BCUT2D eigenvalue weighted by Gasteiger charge is 2.13. The van der Waals surface area contributed by atoms with Crippen molar-refractivity contribution in [1.82, 2.24) is 4.98 Å². The molecule has 104 valence electrons. The van der Waals surface area contributed by atoms with E-state index in [1.165, 1.54) is 0 Å². The lowest BCUT2D eigenvalue weighted by Crippen LogP contribution is -2.07. The van der Waals surface area contributed by atoms with Crippen LogP contribution in [0.1, 0.15) is 24.2 Å². The van der Waals surface area contributed by atoms with Gasteiger partial charge in [-0.05, 0) is 36.8 Å². The molecule has 20 heavy (non-hydrogen) atoms. The highest BCUT2D eigenvalue weighted by molar-refractivity contribution is 5.44. The first-order valence-electron chi connectivity index (χ1n) is 6.45. The fourth-order valence-corrected chi connectivity index (χ4v) is 1.94. The Balaban J connectivity index is 1.64. The van der Waals surface area contributed by atoms with Crippen molar-refractivity contribution in [3.63, 3.8) is 0 Å². The predicted molar refractivity (Wildman–Crippen MR) is 73.7 cm³/mol. The molecular weight excluding hydrogens is 256 g/mol. The first kappa shape index (κ1) is 12.7. The molecule has 0 saturated heterocycles. The lowest BCUT2D eigenvalue weighted by Gasteiger charge is -2.08. The van der Waals surface area contributed by atoms with Gasteiger partial charge in [0.15, 0.2) is 11.5 Å². The summed E-state index contributed by atoms with van der Waals surface area (Å²) in [7, 11) is 0. The maximum atomic E-state index is 5.75. The molecule has 0 spiro atoms. The predicted octanol–water partition coefficient (Wildman–Crippen LogP) is 2.41. The molecule has 3 rings (SSSR count). The molecule has 1 unspecified atom stereocenters. The Morgan fingerprint density at radius 1 is 1.25 bits per heavy atom. The third-order valence-corrected chi connectivity index (χ3v) is 3.07. The van der Waals surface area contributed by atoms with Crippen LogP contribution in [0.25, 0.3) is 0 Å². The van der Waals surface area contributed by atoms with E-state index >= 15 is 0 Å². The van der Waals surface area contributed by atoms with Crippen LogP contribution >= 0.6 is 0 Å². The SMILES string of the molecule is CC(N)c1ccc(OCc2ccc3c(c2)OCO3)cn1. The van der Waals surface area contributed by atoms with E-state index in [1.54, 1.807) is 6.20 Å². The molecule has 0 amide bonds. The molecule has 0 fully saturated rings. The molecule has 2 aromatic rings. The molecule has 1 aromatic carbocycles. The van der Waals surface area contributed by atoms with Gasteiger partial charge in [-0.25, -0.2) is 0 Å². The van der Waals surface area contributed by atoms with Crippen molar-refractivity contribution < 1.29 is 14.2 Å². The molecule has 0 aliphatic carbocycles. The summed E-state index contributed by atoms with van der Waals surface area (Å²) in [5.41, 5.74) is 7.62. The Bertz CT molecular complexity index is 597. The van der Waals surface area contributed by atoms with Crippen LogP contribution < -0.4 is 19.9 Å². The summed E-state index contributed by atoms with van der Waals surface area (Å²) < 4.78 is 16.3. The van der Waals surface area contributed by atoms with Crippen LogP contribution in [0.3, 0.4) is 0 Å². The van der Waals surface area contributed by atoms with Crippen molar-refractivity contribution in [2.75, 3.05) is 6.79 Å². The van der Waals surface area contributed by atoms with Crippen LogP contribution in [0.5, 0.6) is 17.2 Å². The van der Waals surface area contributed by atoms with Gasteiger partial charge in [0.1, 0.15) is 12.4 Å².